The summed E-state index contributed by atoms with van der Waals surface area (Å²) >= 11 is 1.35. The Morgan fingerprint density at radius 2 is 2.24 bits per heavy atom. The Bertz CT molecular complexity index is 722. The second kappa shape index (κ2) is 6.49. The standard InChI is InChI=1S/C13H15N3O4S/c1-2-4-15(7-11(18)19)10(17)6-16-8-14-12-9(13(16)20)3-5-21-12/h3,5,8H,2,4,6-7H2,1H3,(H,18,19). The van der Waals surface area contributed by atoms with Crippen LogP contribution in [0.5, 0.6) is 0 Å². The lowest BCUT2D eigenvalue weighted by Crippen LogP contribution is -2.40. The topological polar surface area (TPSA) is 92.5 Å². The van der Waals surface area contributed by atoms with Crippen LogP contribution >= 0.6 is 11.3 Å². The number of carboxylic acids is 1. The van der Waals surface area contributed by atoms with Crippen molar-refractivity contribution in [3.8, 4) is 0 Å². The predicted octanol–water partition coefficient (Wildman–Crippen LogP) is 0.781. The van der Waals surface area contributed by atoms with Gasteiger partial charge in [-0.05, 0) is 17.9 Å². The molecule has 0 aliphatic rings. The van der Waals surface area contributed by atoms with Gasteiger partial charge < -0.3 is 10.0 Å². The zero-order chi connectivity index (χ0) is 15.4. The molecular formula is C13H15N3O4S. The zero-order valence-corrected chi connectivity index (χ0v) is 12.3. The van der Waals surface area contributed by atoms with E-state index in [9.17, 15) is 14.4 Å². The fourth-order valence-corrected chi connectivity index (χ4v) is 2.70. The van der Waals surface area contributed by atoms with Crippen molar-refractivity contribution in [2.75, 3.05) is 13.1 Å². The van der Waals surface area contributed by atoms with Crippen molar-refractivity contribution in [1.29, 1.82) is 0 Å². The van der Waals surface area contributed by atoms with Crippen molar-refractivity contribution in [2.24, 2.45) is 0 Å². The minimum absolute atomic E-state index is 0.203. The van der Waals surface area contributed by atoms with Crippen LogP contribution in [0.2, 0.25) is 0 Å². The summed E-state index contributed by atoms with van der Waals surface area (Å²) in [6, 6.07) is 1.66. The summed E-state index contributed by atoms with van der Waals surface area (Å²) in [5.74, 6) is -1.48. The number of hydrogen-bond donors (Lipinski definition) is 1. The van der Waals surface area contributed by atoms with Gasteiger partial charge in [-0.1, -0.05) is 6.92 Å². The van der Waals surface area contributed by atoms with E-state index >= 15 is 0 Å². The van der Waals surface area contributed by atoms with Crippen LogP contribution in [0.25, 0.3) is 10.2 Å². The lowest BCUT2D eigenvalue weighted by molar-refractivity contribution is -0.144. The van der Waals surface area contributed by atoms with Crippen molar-refractivity contribution in [3.05, 3.63) is 28.1 Å². The first-order valence-electron chi connectivity index (χ1n) is 6.45. The maximum atomic E-state index is 12.2. The largest absolute Gasteiger partial charge is 0.480 e. The molecule has 0 radical (unpaired) electrons. The Balaban J connectivity index is 2.21. The van der Waals surface area contributed by atoms with Gasteiger partial charge in [0.25, 0.3) is 5.56 Å². The van der Waals surface area contributed by atoms with Crippen molar-refractivity contribution in [1.82, 2.24) is 14.5 Å². The molecule has 112 valence electrons. The van der Waals surface area contributed by atoms with E-state index in [0.29, 0.717) is 23.2 Å². The number of carbonyl (C=O) groups is 2. The molecule has 0 saturated carbocycles. The third kappa shape index (κ3) is 3.46. The highest BCUT2D eigenvalue weighted by atomic mass is 32.1. The number of nitrogens with zero attached hydrogens (tertiary/aromatic N) is 3. The SMILES string of the molecule is CCCN(CC(=O)O)C(=O)Cn1cnc2sccc2c1=O. The summed E-state index contributed by atoms with van der Waals surface area (Å²) in [6.45, 7) is 1.63. The Morgan fingerprint density at radius 1 is 1.48 bits per heavy atom. The smallest absolute Gasteiger partial charge is 0.323 e. The third-order valence-corrected chi connectivity index (χ3v) is 3.75. The van der Waals surface area contributed by atoms with Crippen LogP contribution in [0.15, 0.2) is 22.6 Å². The van der Waals surface area contributed by atoms with Gasteiger partial charge in [0.15, 0.2) is 0 Å². The lowest BCUT2D eigenvalue weighted by Gasteiger charge is -2.20. The van der Waals surface area contributed by atoms with Crippen molar-refractivity contribution < 1.29 is 14.7 Å². The number of rotatable bonds is 6. The van der Waals surface area contributed by atoms with Gasteiger partial charge in [0.2, 0.25) is 5.91 Å². The molecule has 0 saturated heterocycles. The molecule has 1 N–H and O–H groups in total. The maximum absolute atomic E-state index is 12.2. The molecule has 1 amide bonds. The van der Waals surface area contributed by atoms with Crippen LogP contribution in [0.1, 0.15) is 13.3 Å². The molecule has 2 rings (SSSR count). The van der Waals surface area contributed by atoms with Gasteiger partial charge in [0, 0.05) is 6.54 Å². The number of amides is 1. The van der Waals surface area contributed by atoms with E-state index in [0.717, 1.165) is 0 Å². The van der Waals surface area contributed by atoms with E-state index in [1.54, 1.807) is 11.4 Å². The van der Waals surface area contributed by atoms with Crippen LogP contribution < -0.4 is 5.56 Å². The molecule has 8 heteroatoms. The summed E-state index contributed by atoms with van der Waals surface area (Å²) in [6.07, 6.45) is 1.97. The molecule has 0 aromatic carbocycles. The summed E-state index contributed by atoms with van der Waals surface area (Å²) < 4.78 is 1.21. The zero-order valence-electron chi connectivity index (χ0n) is 11.5. The Morgan fingerprint density at radius 3 is 2.90 bits per heavy atom. The second-order valence-electron chi connectivity index (χ2n) is 4.53. The quantitative estimate of drug-likeness (QED) is 0.851. The van der Waals surface area contributed by atoms with Gasteiger partial charge in [0.05, 0.1) is 11.7 Å². The number of carbonyl (C=O) groups excluding carboxylic acids is 1. The van der Waals surface area contributed by atoms with E-state index in [4.69, 9.17) is 5.11 Å². The van der Waals surface area contributed by atoms with Gasteiger partial charge in [-0.15, -0.1) is 11.3 Å². The van der Waals surface area contributed by atoms with E-state index in [1.165, 1.54) is 27.1 Å². The van der Waals surface area contributed by atoms with Crippen LogP contribution in [0.3, 0.4) is 0 Å². The molecule has 0 spiro atoms. The van der Waals surface area contributed by atoms with Crippen LogP contribution in [0, 0.1) is 0 Å². The highest BCUT2D eigenvalue weighted by molar-refractivity contribution is 7.16. The van der Waals surface area contributed by atoms with Crippen molar-refractivity contribution >= 4 is 33.4 Å². The average molecular weight is 309 g/mol. The number of carboxylic acid groups (broad SMARTS) is 1. The molecule has 0 fully saturated rings. The highest BCUT2D eigenvalue weighted by Gasteiger charge is 2.17. The van der Waals surface area contributed by atoms with E-state index < -0.39 is 11.9 Å². The van der Waals surface area contributed by atoms with E-state index in [2.05, 4.69) is 4.98 Å². The molecule has 7 nitrogen and oxygen atoms in total. The maximum Gasteiger partial charge on any atom is 0.323 e. The molecule has 0 atom stereocenters. The molecular weight excluding hydrogens is 294 g/mol. The van der Waals surface area contributed by atoms with Crippen LogP contribution in [-0.4, -0.2) is 44.5 Å². The number of fused-ring (bicyclic) bond motifs is 1. The summed E-state index contributed by atoms with van der Waals surface area (Å²) in [7, 11) is 0. The molecule has 2 heterocycles. The summed E-state index contributed by atoms with van der Waals surface area (Å²) in [5.41, 5.74) is -0.290. The number of aliphatic carboxylic acids is 1. The minimum atomic E-state index is -1.07. The first kappa shape index (κ1) is 15.2. The monoisotopic (exact) mass is 309 g/mol. The van der Waals surface area contributed by atoms with Crippen molar-refractivity contribution in [2.45, 2.75) is 19.9 Å². The minimum Gasteiger partial charge on any atom is -0.480 e. The van der Waals surface area contributed by atoms with Gasteiger partial charge in [-0.25, -0.2) is 4.98 Å². The van der Waals surface area contributed by atoms with Crippen molar-refractivity contribution in [3.63, 3.8) is 0 Å². The lowest BCUT2D eigenvalue weighted by atomic mass is 10.3. The first-order chi connectivity index (χ1) is 10.0. The Hall–Kier alpha value is -2.22. The number of aromatic nitrogens is 2. The molecule has 0 unspecified atom stereocenters. The van der Waals surface area contributed by atoms with Crippen LogP contribution in [-0.2, 0) is 16.1 Å². The third-order valence-electron chi connectivity index (χ3n) is 2.93. The van der Waals surface area contributed by atoms with Gasteiger partial charge in [0.1, 0.15) is 17.9 Å². The average Bonchev–Trinajstić information content (AvgIpc) is 2.90. The van der Waals surface area contributed by atoms with Gasteiger partial charge in [-0.2, -0.15) is 0 Å². The van der Waals surface area contributed by atoms with E-state index in [1.807, 2.05) is 6.92 Å². The Labute approximate surface area is 124 Å². The number of hydrogen-bond acceptors (Lipinski definition) is 5. The summed E-state index contributed by atoms with van der Waals surface area (Å²) in [4.78, 5) is 41.1. The second-order valence-corrected chi connectivity index (χ2v) is 5.42. The highest BCUT2D eigenvalue weighted by Crippen LogP contribution is 2.13. The fourth-order valence-electron chi connectivity index (χ4n) is 1.98. The predicted molar refractivity (Wildman–Crippen MR) is 78.4 cm³/mol. The van der Waals surface area contributed by atoms with Crippen LogP contribution in [0.4, 0.5) is 0 Å². The molecule has 2 aromatic rings. The first-order valence-corrected chi connectivity index (χ1v) is 7.33. The van der Waals surface area contributed by atoms with Gasteiger partial charge >= 0.3 is 5.97 Å². The molecule has 0 aliphatic carbocycles. The molecule has 21 heavy (non-hydrogen) atoms. The fraction of sp³-hybridized carbons (Fsp3) is 0.385. The molecule has 2 aromatic heterocycles. The molecule has 0 aliphatic heterocycles. The van der Waals surface area contributed by atoms with Gasteiger partial charge in [-0.3, -0.25) is 19.0 Å². The summed E-state index contributed by atoms with van der Waals surface area (Å²) in [5, 5.41) is 11.1. The van der Waals surface area contributed by atoms with E-state index in [-0.39, 0.29) is 18.6 Å². The molecule has 0 bridgehead atoms. The Kier molecular flexibility index (Phi) is 4.69. The normalized spacial score (nSPS) is 10.7. The number of thiophene rings is 1.